The summed E-state index contributed by atoms with van der Waals surface area (Å²) in [6, 6.07) is 11.4. The van der Waals surface area contributed by atoms with Gasteiger partial charge in [-0.2, -0.15) is 0 Å². The lowest BCUT2D eigenvalue weighted by Crippen LogP contribution is -2.45. The van der Waals surface area contributed by atoms with E-state index in [2.05, 4.69) is 25.7 Å². The number of hydrogen-bond acceptors (Lipinski definition) is 2. The molecule has 0 fully saturated rings. The summed E-state index contributed by atoms with van der Waals surface area (Å²) in [6.07, 6.45) is 4.42. The lowest BCUT2D eigenvalue weighted by molar-refractivity contribution is -0.132. The monoisotopic (exact) mass is 410 g/mol. The summed E-state index contributed by atoms with van der Waals surface area (Å²) in [5.41, 5.74) is 2.89. The van der Waals surface area contributed by atoms with Crippen LogP contribution >= 0.6 is 0 Å². The van der Waals surface area contributed by atoms with Crippen LogP contribution in [0.4, 0.5) is 10.5 Å². The summed E-state index contributed by atoms with van der Waals surface area (Å²) in [4.78, 5) is 29.4. The first-order chi connectivity index (χ1) is 14.3. The number of nitrogens with zero attached hydrogens (tertiary/aromatic N) is 3. The number of aromatic nitrogens is 1. The fourth-order valence-corrected chi connectivity index (χ4v) is 3.33. The number of hydrogen-bond donors (Lipinski definition) is 1. The lowest BCUT2D eigenvalue weighted by Gasteiger charge is -2.28. The SMILES string of the molecule is C=CCN(CC(=O)N(Cc1cccn1C)CC(C)C)C(=O)Nc1ccccc1CC. The number of carbonyl (C=O) groups is 2. The van der Waals surface area contributed by atoms with Gasteiger partial charge in [0.25, 0.3) is 0 Å². The summed E-state index contributed by atoms with van der Waals surface area (Å²) in [5.74, 6) is 0.248. The van der Waals surface area contributed by atoms with E-state index in [-0.39, 0.29) is 18.5 Å². The molecule has 6 heteroatoms. The van der Waals surface area contributed by atoms with Crippen molar-refractivity contribution < 1.29 is 9.59 Å². The number of amides is 3. The van der Waals surface area contributed by atoms with Crippen molar-refractivity contribution in [3.05, 3.63) is 66.5 Å². The number of rotatable bonds is 10. The topological polar surface area (TPSA) is 57.6 Å². The Bertz CT molecular complexity index is 856. The van der Waals surface area contributed by atoms with Gasteiger partial charge < -0.3 is 19.7 Å². The van der Waals surface area contributed by atoms with Gasteiger partial charge in [-0.15, -0.1) is 6.58 Å². The summed E-state index contributed by atoms with van der Waals surface area (Å²) in [5, 5.41) is 2.95. The minimum absolute atomic E-state index is 0.00326. The van der Waals surface area contributed by atoms with Crippen molar-refractivity contribution in [2.45, 2.75) is 33.7 Å². The van der Waals surface area contributed by atoms with Crippen LogP contribution in [0.1, 0.15) is 32.0 Å². The molecule has 3 amide bonds. The summed E-state index contributed by atoms with van der Waals surface area (Å²) < 4.78 is 2.01. The molecule has 0 aliphatic carbocycles. The van der Waals surface area contributed by atoms with E-state index in [0.29, 0.717) is 25.6 Å². The summed E-state index contributed by atoms with van der Waals surface area (Å²) in [6.45, 7) is 11.4. The summed E-state index contributed by atoms with van der Waals surface area (Å²) in [7, 11) is 1.97. The molecule has 0 saturated heterocycles. The van der Waals surface area contributed by atoms with Crippen LogP contribution in [0.3, 0.4) is 0 Å². The predicted octanol–water partition coefficient (Wildman–Crippen LogP) is 4.29. The molecule has 30 heavy (non-hydrogen) atoms. The number of nitrogens with one attached hydrogen (secondary N) is 1. The van der Waals surface area contributed by atoms with Gasteiger partial charge in [-0.3, -0.25) is 4.79 Å². The quantitative estimate of drug-likeness (QED) is 0.594. The third-order valence-corrected chi connectivity index (χ3v) is 4.95. The smallest absolute Gasteiger partial charge is 0.322 e. The van der Waals surface area contributed by atoms with Crippen LogP contribution in [0.2, 0.25) is 0 Å². The molecule has 1 heterocycles. The van der Waals surface area contributed by atoms with Crippen LogP contribution in [0.15, 0.2) is 55.3 Å². The highest BCUT2D eigenvalue weighted by Crippen LogP contribution is 2.16. The van der Waals surface area contributed by atoms with E-state index in [4.69, 9.17) is 0 Å². The molecule has 0 unspecified atom stereocenters. The fourth-order valence-electron chi connectivity index (χ4n) is 3.33. The van der Waals surface area contributed by atoms with E-state index in [0.717, 1.165) is 23.4 Å². The molecule has 0 spiro atoms. The average Bonchev–Trinajstić information content (AvgIpc) is 3.11. The Morgan fingerprint density at radius 2 is 1.90 bits per heavy atom. The second-order valence-corrected chi connectivity index (χ2v) is 7.89. The maximum absolute atomic E-state index is 13.1. The van der Waals surface area contributed by atoms with Gasteiger partial charge in [0.15, 0.2) is 0 Å². The lowest BCUT2D eigenvalue weighted by atomic mass is 10.1. The first-order valence-electron chi connectivity index (χ1n) is 10.5. The normalized spacial score (nSPS) is 10.7. The van der Waals surface area contributed by atoms with E-state index in [9.17, 15) is 9.59 Å². The maximum Gasteiger partial charge on any atom is 0.322 e. The predicted molar refractivity (Wildman–Crippen MR) is 122 cm³/mol. The molecule has 162 valence electrons. The van der Waals surface area contributed by atoms with Crippen molar-refractivity contribution in [3.8, 4) is 0 Å². The largest absolute Gasteiger partial charge is 0.353 e. The molecule has 1 N–H and O–H groups in total. The standard InChI is InChI=1S/C24H34N4O2/c1-6-14-27(24(30)25-22-13-9-8-11-20(22)7-2)18-23(29)28(16-19(3)4)17-21-12-10-15-26(21)5/h6,8-13,15,19H,1,7,14,16-18H2,2-5H3,(H,25,30). The van der Waals surface area contributed by atoms with E-state index in [1.54, 1.807) is 6.08 Å². The molecule has 6 nitrogen and oxygen atoms in total. The average molecular weight is 411 g/mol. The molecular formula is C24H34N4O2. The highest BCUT2D eigenvalue weighted by Gasteiger charge is 2.22. The van der Waals surface area contributed by atoms with Crippen LogP contribution in [0, 0.1) is 5.92 Å². The Hall–Kier alpha value is -3.02. The highest BCUT2D eigenvalue weighted by atomic mass is 16.2. The van der Waals surface area contributed by atoms with Crippen molar-refractivity contribution in [2.75, 3.05) is 25.0 Å². The number of benzene rings is 1. The van der Waals surface area contributed by atoms with Gasteiger partial charge in [-0.05, 0) is 36.1 Å². The summed E-state index contributed by atoms with van der Waals surface area (Å²) >= 11 is 0. The third kappa shape index (κ3) is 6.51. The van der Waals surface area contributed by atoms with Gasteiger partial charge in [0.1, 0.15) is 6.54 Å². The number of anilines is 1. The molecule has 2 aromatic rings. The molecule has 0 bridgehead atoms. The molecule has 0 aliphatic rings. The van der Waals surface area contributed by atoms with Gasteiger partial charge in [0, 0.05) is 37.7 Å². The number of para-hydroxylation sites is 1. The van der Waals surface area contributed by atoms with Gasteiger partial charge in [-0.25, -0.2) is 4.79 Å². The van der Waals surface area contributed by atoms with Crippen LogP contribution in [0.5, 0.6) is 0 Å². The van der Waals surface area contributed by atoms with Gasteiger partial charge in [0.2, 0.25) is 5.91 Å². The fraction of sp³-hybridized carbons (Fsp3) is 0.417. The van der Waals surface area contributed by atoms with E-state index >= 15 is 0 Å². The van der Waals surface area contributed by atoms with Crippen molar-refractivity contribution in [2.24, 2.45) is 13.0 Å². The molecule has 1 aromatic carbocycles. The Morgan fingerprint density at radius 3 is 2.50 bits per heavy atom. The van der Waals surface area contributed by atoms with Crippen LogP contribution in [0.25, 0.3) is 0 Å². The van der Waals surface area contributed by atoms with E-state index in [1.165, 1.54) is 4.90 Å². The van der Waals surface area contributed by atoms with Crippen molar-refractivity contribution in [1.82, 2.24) is 14.4 Å². The zero-order valence-corrected chi connectivity index (χ0v) is 18.6. The third-order valence-electron chi connectivity index (χ3n) is 4.95. The minimum Gasteiger partial charge on any atom is -0.353 e. The first kappa shape index (κ1) is 23.3. The maximum atomic E-state index is 13.1. The molecule has 0 saturated carbocycles. The second kappa shape index (κ2) is 11.2. The van der Waals surface area contributed by atoms with Crippen LogP contribution in [-0.4, -0.2) is 45.9 Å². The van der Waals surface area contributed by atoms with Gasteiger partial charge >= 0.3 is 6.03 Å². The molecule has 0 radical (unpaired) electrons. The minimum atomic E-state index is -0.299. The Balaban J connectivity index is 2.13. The Morgan fingerprint density at radius 1 is 1.17 bits per heavy atom. The molecule has 0 atom stereocenters. The number of aryl methyl sites for hydroxylation is 2. The Kier molecular flexibility index (Phi) is 8.71. The van der Waals surface area contributed by atoms with Crippen molar-refractivity contribution >= 4 is 17.6 Å². The molecule has 1 aromatic heterocycles. The zero-order chi connectivity index (χ0) is 22.1. The molecule has 0 aliphatic heterocycles. The second-order valence-electron chi connectivity index (χ2n) is 7.89. The molecular weight excluding hydrogens is 376 g/mol. The van der Waals surface area contributed by atoms with Crippen LogP contribution < -0.4 is 5.32 Å². The van der Waals surface area contributed by atoms with Crippen molar-refractivity contribution in [1.29, 1.82) is 0 Å². The van der Waals surface area contributed by atoms with Crippen molar-refractivity contribution in [3.63, 3.8) is 0 Å². The Labute approximate surface area is 180 Å². The van der Waals surface area contributed by atoms with Gasteiger partial charge in [-0.1, -0.05) is 45.0 Å². The first-order valence-corrected chi connectivity index (χ1v) is 10.5. The van der Waals surface area contributed by atoms with E-state index < -0.39 is 0 Å². The number of carbonyl (C=O) groups excluding carboxylic acids is 2. The highest BCUT2D eigenvalue weighted by molar-refractivity contribution is 5.93. The molecule has 2 rings (SSSR count). The van der Waals surface area contributed by atoms with E-state index in [1.807, 2.05) is 66.0 Å². The van der Waals surface area contributed by atoms with Gasteiger partial charge in [0.05, 0.1) is 6.54 Å². The van der Waals surface area contributed by atoms with Crippen LogP contribution in [-0.2, 0) is 24.8 Å². The zero-order valence-electron chi connectivity index (χ0n) is 18.6. The number of urea groups is 1.